The number of ether oxygens (including phenoxy) is 2. The van der Waals surface area contributed by atoms with Gasteiger partial charge in [-0.05, 0) is 49.6 Å². The summed E-state index contributed by atoms with van der Waals surface area (Å²) in [5.74, 6) is -1.56. The Hall–Kier alpha value is -3.73. The smallest absolute Gasteiger partial charge is 0.319 e. The van der Waals surface area contributed by atoms with Crippen LogP contribution in [0.1, 0.15) is 33.1 Å². The predicted molar refractivity (Wildman–Crippen MR) is 163 cm³/mol. The van der Waals surface area contributed by atoms with Crippen molar-refractivity contribution >= 4 is 43.1 Å². The lowest BCUT2D eigenvalue weighted by molar-refractivity contribution is 0.107. The van der Waals surface area contributed by atoms with Crippen LogP contribution in [0, 0.1) is 35.8 Å². The molecule has 8 nitrogen and oxygen atoms in total. The zero-order valence-electron chi connectivity index (χ0n) is 26.2. The molecule has 0 radical (unpaired) electrons. The third-order valence-electron chi connectivity index (χ3n) is 9.73. The van der Waals surface area contributed by atoms with Crippen molar-refractivity contribution in [2.75, 3.05) is 50.0 Å². The second-order valence-electron chi connectivity index (χ2n) is 12.3. The number of nitrogens with two attached hydrogens (primary N) is 1. The molecule has 0 bridgehead atoms. The van der Waals surface area contributed by atoms with E-state index in [0.29, 0.717) is 19.4 Å². The second kappa shape index (κ2) is 10.4. The van der Waals surface area contributed by atoms with Gasteiger partial charge < -0.3 is 20.1 Å². The van der Waals surface area contributed by atoms with Crippen molar-refractivity contribution in [1.29, 1.82) is 5.26 Å². The topological polar surface area (TPSA) is 101 Å². The van der Waals surface area contributed by atoms with E-state index in [0.717, 1.165) is 11.3 Å². The largest absolute Gasteiger partial charge is 0.461 e. The molecule has 2 aromatic heterocycles. The number of halogens is 4. The summed E-state index contributed by atoms with van der Waals surface area (Å²) in [5.41, 5.74) is 5.62. The van der Waals surface area contributed by atoms with Gasteiger partial charge in [0.2, 0.25) is 0 Å². The summed E-state index contributed by atoms with van der Waals surface area (Å²) in [6.45, 7) is 0.573. The molecule has 2 N–H and O–H groups in total. The number of hydrogen-bond acceptors (Lipinski definition) is 9. The Balaban J connectivity index is 1.34. The lowest BCUT2D eigenvalue weighted by Gasteiger charge is -2.31. The number of thiophene rings is 1. The number of nitrogens with zero attached hydrogens (tertiary/aromatic N) is 5. The van der Waals surface area contributed by atoms with Crippen molar-refractivity contribution in [3.63, 3.8) is 0 Å². The molecule has 3 saturated heterocycles. The van der Waals surface area contributed by atoms with Crippen molar-refractivity contribution < 1.29 is 29.8 Å². The number of benzene rings is 2. The molecule has 1 saturated carbocycles. The molecule has 8 rings (SSSR count). The fraction of sp³-hybridized carbons (Fsp3) is 0.469. The molecule has 13 heteroatoms. The Kier molecular flexibility index (Phi) is 6.12. The molecule has 4 aliphatic rings. The number of hydrogen-bond donors (Lipinski definition) is 1. The minimum Gasteiger partial charge on any atom is -0.461 e. The summed E-state index contributed by atoms with van der Waals surface area (Å²) in [6.07, 6.45) is -1.39. The summed E-state index contributed by atoms with van der Waals surface area (Å²) in [4.78, 5) is 12.7. The van der Waals surface area contributed by atoms with E-state index in [1.54, 1.807) is 16.7 Å². The van der Waals surface area contributed by atoms with Crippen LogP contribution in [0.5, 0.6) is 6.01 Å². The van der Waals surface area contributed by atoms with Crippen molar-refractivity contribution in [2.45, 2.75) is 50.1 Å². The molecule has 0 amide bonds. The highest BCUT2D eigenvalue weighted by atomic mass is 32.1. The zero-order valence-corrected chi connectivity index (χ0v) is 25.1. The first kappa shape index (κ1) is 26.5. The van der Waals surface area contributed by atoms with Crippen LogP contribution in [-0.2, 0) is 4.74 Å². The summed E-state index contributed by atoms with van der Waals surface area (Å²) in [7, 11) is 0. The second-order valence-corrected chi connectivity index (χ2v) is 13.3. The maximum absolute atomic E-state index is 16.4. The molecule has 0 unspecified atom stereocenters. The molecular formula is C32H30F4N6O2S. The predicted octanol–water partition coefficient (Wildman–Crippen LogP) is 5.68. The number of aryl methyl sites for hydroxylation is 1. The van der Waals surface area contributed by atoms with Gasteiger partial charge in [0.05, 0.1) is 43.3 Å². The van der Waals surface area contributed by atoms with Crippen LogP contribution in [0.15, 0.2) is 18.2 Å². The van der Waals surface area contributed by atoms with E-state index in [4.69, 9.17) is 17.9 Å². The first-order chi connectivity index (χ1) is 22.5. The van der Waals surface area contributed by atoms with Crippen LogP contribution in [0.2, 0.25) is 0 Å². The van der Waals surface area contributed by atoms with Crippen molar-refractivity contribution in [3.05, 3.63) is 41.0 Å². The molecule has 4 fully saturated rings. The normalized spacial score (nSPS) is 28.8. The van der Waals surface area contributed by atoms with Gasteiger partial charge in [-0.15, -0.1) is 11.3 Å². The molecule has 234 valence electrons. The Bertz CT molecular complexity index is 2010. The van der Waals surface area contributed by atoms with Crippen LogP contribution < -0.4 is 15.4 Å². The summed E-state index contributed by atoms with van der Waals surface area (Å²) in [6, 6.07) is 4.86. The maximum atomic E-state index is 16.4. The minimum absolute atomic E-state index is 0.0282. The Morgan fingerprint density at radius 1 is 1.27 bits per heavy atom. The Morgan fingerprint density at radius 2 is 2.11 bits per heavy atom. The number of aromatic nitrogens is 2. The van der Waals surface area contributed by atoms with Crippen molar-refractivity contribution in [2.24, 2.45) is 5.92 Å². The molecular weight excluding hydrogens is 608 g/mol. The first-order valence-corrected chi connectivity index (χ1v) is 15.8. The summed E-state index contributed by atoms with van der Waals surface area (Å²) in [5, 5.41) is 10.4. The van der Waals surface area contributed by atoms with E-state index < -0.39 is 48.0 Å². The highest BCUT2D eigenvalue weighted by molar-refractivity contribution is 7.23. The molecule has 45 heavy (non-hydrogen) atoms. The van der Waals surface area contributed by atoms with Crippen molar-refractivity contribution in [3.8, 4) is 23.2 Å². The third kappa shape index (κ3) is 4.36. The lowest BCUT2D eigenvalue weighted by Crippen LogP contribution is -2.43. The number of nitrogen functional groups attached to an aromatic ring is 1. The van der Waals surface area contributed by atoms with Gasteiger partial charge in [-0.3, -0.25) is 4.90 Å². The molecule has 4 aromatic rings. The summed E-state index contributed by atoms with van der Waals surface area (Å²) < 4.78 is 90.8. The monoisotopic (exact) mass is 640 g/mol. The van der Waals surface area contributed by atoms with Crippen LogP contribution in [0.3, 0.4) is 0 Å². The SMILES string of the molecule is [2H]C([2H])(Oc1nc(N2CCOC[C@H]3[C@H](F)[C@H]32)c2cc(F)c(-c3ccc(F)c4sc(N)c(C#N)c34)c(C)c2n1)[C@@]12CCCN1C[C@H](F)C2. The van der Waals surface area contributed by atoms with Gasteiger partial charge >= 0.3 is 6.01 Å². The van der Waals surface area contributed by atoms with Gasteiger partial charge in [-0.1, -0.05) is 6.07 Å². The van der Waals surface area contributed by atoms with Crippen LogP contribution in [0.4, 0.5) is 28.4 Å². The standard InChI is InChI=1S/C32H30F4N6O2S/c1-15-23(17-3-4-21(34)28-24(17)19(11-37)29(38)45-28)22(35)9-18-26(15)39-31(44-14-32-5-2-6-41(32)12-16(33)10-32)40-30(18)42-7-8-43-13-20-25(36)27(20)42/h3-4,9,16,20,25,27H,2,5-8,10,12-14,38H2,1H3/t16-,20+,25+,27+,32+/m1/s1/i14D2. The van der Waals surface area contributed by atoms with Crippen LogP contribution in [0.25, 0.3) is 32.1 Å². The fourth-order valence-electron chi connectivity index (χ4n) is 7.54. The van der Waals surface area contributed by atoms with Gasteiger partial charge in [0.1, 0.15) is 47.4 Å². The minimum atomic E-state index is -2.41. The van der Waals surface area contributed by atoms with Gasteiger partial charge in [0, 0.05) is 41.8 Å². The average molecular weight is 641 g/mol. The molecule has 2 aromatic carbocycles. The third-order valence-corrected chi connectivity index (χ3v) is 10.8. The van der Waals surface area contributed by atoms with E-state index in [-0.39, 0.29) is 92.8 Å². The Morgan fingerprint density at radius 3 is 2.93 bits per heavy atom. The number of rotatable bonds is 5. The van der Waals surface area contributed by atoms with Crippen molar-refractivity contribution in [1.82, 2.24) is 14.9 Å². The lowest BCUT2D eigenvalue weighted by atomic mass is 9.93. The summed E-state index contributed by atoms with van der Waals surface area (Å²) >= 11 is 0.896. The van der Waals surface area contributed by atoms with Gasteiger partial charge in [0.15, 0.2) is 0 Å². The highest BCUT2D eigenvalue weighted by Gasteiger charge is 2.56. The number of anilines is 2. The van der Waals surface area contributed by atoms with E-state index in [9.17, 15) is 14.0 Å². The van der Waals surface area contributed by atoms with Gasteiger partial charge in [0.25, 0.3) is 0 Å². The Labute approximate surface area is 263 Å². The molecule has 1 aliphatic carbocycles. The van der Waals surface area contributed by atoms with Gasteiger partial charge in [-0.2, -0.15) is 15.2 Å². The molecule has 0 spiro atoms. The van der Waals surface area contributed by atoms with Crippen LogP contribution >= 0.6 is 11.3 Å². The quantitative estimate of drug-likeness (QED) is 0.278. The van der Waals surface area contributed by atoms with Gasteiger partial charge in [-0.25, -0.2) is 17.6 Å². The van der Waals surface area contributed by atoms with E-state index in [1.165, 1.54) is 18.2 Å². The fourth-order valence-corrected chi connectivity index (χ4v) is 8.49. The number of nitriles is 1. The molecule has 3 aliphatic heterocycles. The zero-order chi connectivity index (χ0) is 33.0. The average Bonchev–Trinajstić information content (AvgIpc) is 3.21. The highest BCUT2D eigenvalue weighted by Crippen LogP contribution is 2.47. The molecule has 5 heterocycles. The number of fused-ring (bicyclic) bond motifs is 4. The van der Waals surface area contributed by atoms with E-state index >= 15 is 8.78 Å². The first-order valence-electron chi connectivity index (χ1n) is 15.9. The number of alkyl halides is 2. The van der Waals surface area contributed by atoms with E-state index in [2.05, 4.69) is 9.97 Å². The molecule has 5 atom stereocenters. The maximum Gasteiger partial charge on any atom is 0.319 e. The van der Waals surface area contributed by atoms with E-state index in [1.807, 2.05) is 6.07 Å². The van der Waals surface area contributed by atoms with Crippen LogP contribution in [-0.4, -0.2) is 78.2 Å².